The summed E-state index contributed by atoms with van der Waals surface area (Å²) in [6, 6.07) is 0. The molecule has 0 aliphatic carbocycles. The molecule has 4 N–H and O–H groups in total. The Hall–Kier alpha value is -1.44. The number of allylic oxidation sites excluding steroid dienone is 1. The van der Waals surface area contributed by atoms with Crippen molar-refractivity contribution in [3.8, 4) is 0 Å². The zero-order valence-electron chi connectivity index (χ0n) is 33.3. The summed E-state index contributed by atoms with van der Waals surface area (Å²) in [4.78, 5) is 24.3. The molecule has 5 fully saturated rings. The monoisotopic (exact) mass is 736 g/mol. The highest BCUT2D eigenvalue weighted by atomic mass is 16.7. The van der Waals surface area contributed by atoms with Gasteiger partial charge in [-0.15, -0.1) is 0 Å². The number of Topliss-reactive ketones (excluding diaryl/α,β-unsaturated/α-hetero) is 1. The number of carboxylic acid groups (broad SMARTS) is 1. The van der Waals surface area contributed by atoms with Gasteiger partial charge >= 0.3 is 5.97 Å². The number of hydrogen-bond acceptors (Lipinski definition) is 10. The molecule has 5 rings (SSSR count). The van der Waals surface area contributed by atoms with Crippen LogP contribution in [0.15, 0.2) is 11.6 Å². The van der Waals surface area contributed by atoms with Crippen LogP contribution >= 0.6 is 0 Å². The van der Waals surface area contributed by atoms with Crippen LogP contribution in [0.5, 0.6) is 0 Å². The molecule has 0 aromatic heterocycles. The second-order valence-electron chi connectivity index (χ2n) is 18.3. The third kappa shape index (κ3) is 8.08. The van der Waals surface area contributed by atoms with Gasteiger partial charge in [0.15, 0.2) is 11.6 Å². The summed E-state index contributed by atoms with van der Waals surface area (Å²) in [5.74, 6) is -3.73. The third-order valence-corrected chi connectivity index (χ3v) is 13.8. The van der Waals surface area contributed by atoms with E-state index in [1.165, 1.54) is 0 Å². The molecule has 52 heavy (non-hydrogen) atoms. The normalized spacial score (nSPS) is 48.2. The number of aliphatic hydroxyl groups is 3. The van der Waals surface area contributed by atoms with Crippen molar-refractivity contribution >= 4 is 11.8 Å². The first-order valence-corrected chi connectivity index (χ1v) is 20.0. The first-order valence-electron chi connectivity index (χ1n) is 20.0. The van der Waals surface area contributed by atoms with Crippen LogP contribution in [-0.2, 0) is 33.3 Å². The number of aliphatic carboxylic acids is 1. The Morgan fingerprint density at radius 2 is 1.62 bits per heavy atom. The smallest absolute Gasteiger partial charge is 0.330 e. The van der Waals surface area contributed by atoms with Crippen LogP contribution in [0, 0.1) is 41.4 Å². The van der Waals surface area contributed by atoms with Crippen molar-refractivity contribution in [2.75, 3.05) is 6.61 Å². The summed E-state index contributed by atoms with van der Waals surface area (Å²) in [6.45, 7) is 19.4. The molecule has 5 heterocycles. The lowest BCUT2D eigenvalue weighted by atomic mass is 9.73. The fourth-order valence-electron chi connectivity index (χ4n) is 10.7. The Kier molecular flexibility index (Phi) is 12.5. The minimum atomic E-state index is -1.57. The molecule has 17 atom stereocenters. The van der Waals surface area contributed by atoms with Gasteiger partial charge in [0, 0.05) is 29.2 Å². The molecule has 11 heteroatoms. The van der Waals surface area contributed by atoms with Crippen molar-refractivity contribution < 1.29 is 53.7 Å². The molecule has 298 valence electrons. The number of hydrogen-bond donors (Lipinski definition) is 4. The van der Waals surface area contributed by atoms with E-state index in [4.69, 9.17) is 23.7 Å². The van der Waals surface area contributed by atoms with E-state index in [1.54, 1.807) is 19.9 Å². The fourth-order valence-corrected chi connectivity index (χ4v) is 10.7. The number of carbonyl (C=O) groups excluding carboxylic acids is 1. The van der Waals surface area contributed by atoms with Gasteiger partial charge in [-0.1, -0.05) is 47.6 Å². The molecule has 0 radical (unpaired) electrons. The maximum absolute atomic E-state index is 13.1. The van der Waals surface area contributed by atoms with Crippen LogP contribution in [-0.4, -0.2) is 98.2 Å². The molecule has 0 amide bonds. The summed E-state index contributed by atoms with van der Waals surface area (Å²) in [6.07, 6.45) is 5.54. The van der Waals surface area contributed by atoms with E-state index in [0.29, 0.717) is 37.7 Å². The predicted molar refractivity (Wildman–Crippen MR) is 194 cm³/mol. The van der Waals surface area contributed by atoms with E-state index >= 15 is 0 Å². The minimum absolute atomic E-state index is 0.00750. The van der Waals surface area contributed by atoms with Crippen LogP contribution in [0.1, 0.15) is 127 Å². The minimum Gasteiger partial charge on any atom is -0.478 e. The summed E-state index contributed by atoms with van der Waals surface area (Å²) in [5, 5.41) is 41.2. The van der Waals surface area contributed by atoms with Gasteiger partial charge in [0.1, 0.15) is 5.78 Å². The third-order valence-electron chi connectivity index (χ3n) is 13.8. The standard InChI is InChI=1S/C41H68O11/c1-22(15-25(4)37(45)46)11-12-30(44)18-31-19-32(29(8)43)28(7)41(49-31)27(6)20-39(10,52-41)34-13-14-38(9,50-34)36-24(3)17-33(48-36)35-23(2)16-26(5)40(47,21-42)51-35/h15,22-24,26-28,30-36,42,44,47H,11-14,16-21H2,1-10H3,(H,45,46). The van der Waals surface area contributed by atoms with Crippen molar-refractivity contribution in [1.82, 2.24) is 0 Å². The number of carbonyl (C=O) groups is 2. The zero-order chi connectivity index (χ0) is 38.6. The van der Waals surface area contributed by atoms with E-state index in [-0.39, 0.29) is 77.7 Å². The van der Waals surface area contributed by atoms with Gasteiger partial charge < -0.3 is 44.1 Å². The first kappa shape index (κ1) is 41.7. The van der Waals surface area contributed by atoms with Crippen LogP contribution < -0.4 is 0 Å². The lowest BCUT2D eigenvalue weighted by Crippen LogP contribution is -2.57. The number of aliphatic hydroxyl groups excluding tert-OH is 2. The van der Waals surface area contributed by atoms with Crippen LogP contribution in [0.2, 0.25) is 0 Å². The second-order valence-corrected chi connectivity index (χ2v) is 18.3. The quantitative estimate of drug-likeness (QED) is 0.179. The first-order chi connectivity index (χ1) is 24.2. The van der Waals surface area contributed by atoms with Gasteiger partial charge in [0.25, 0.3) is 0 Å². The van der Waals surface area contributed by atoms with Gasteiger partial charge in [-0.05, 0) is 103 Å². The molecule has 5 aliphatic rings. The Balaban J connectivity index is 1.26. The summed E-state index contributed by atoms with van der Waals surface area (Å²) < 4.78 is 34.0. The molecular formula is C41H68O11. The van der Waals surface area contributed by atoms with Crippen molar-refractivity contribution in [3.05, 3.63) is 11.6 Å². The van der Waals surface area contributed by atoms with E-state index in [9.17, 15) is 30.0 Å². The molecular weight excluding hydrogens is 668 g/mol. The van der Waals surface area contributed by atoms with Crippen LogP contribution in [0.4, 0.5) is 0 Å². The average molecular weight is 737 g/mol. The second kappa shape index (κ2) is 15.6. The topological polar surface area (TPSA) is 161 Å². The lowest BCUT2D eigenvalue weighted by molar-refractivity contribution is -0.343. The summed E-state index contributed by atoms with van der Waals surface area (Å²) in [5.41, 5.74) is -0.941. The molecule has 0 bridgehead atoms. The van der Waals surface area contributed by atoms with Gasteiger partial charge in [0.05, 0.1) is 54.4 Å². The molecule has 1 spiro atoms. The SMILES string of the molecule is CC(=O)C1CC(CC(O)CCC(C)C=C(C)C(=O)O)OC2(OC(C)(C3CCC(C)(C4OC(C5OC(O)(CO)C(C)CC5C)CC4C)O3)CC2C)C1C. The van der Waals surface area contributed by atoms with Crippen LogP contribution in [0.3, 0.4) is 0 Å². The number of ketones is 1. The van der Waals surface area contributed by atoms with Gasteiger partial charge in [-0.25, -0.2) is 4.79 Å². The van der Waals surface area contributed by atoms with E-state index in [0.717, 1.165) is 25.7 Å². The number of ether oxygens (including phenoxy) is 5. The van der Waals surface area contributed by atoms with E-state index < -0.39 is 41.5 Å². The Morgan fingerprint density at radius 3 is 2.25 bits per heavy atom. The fraction of sp³-hybridized carbons (Fsp3) is 0.902. The number of carboxylic acids is 1. The summed E-state index contributed by atoms with van der Waals surface area (Å²) >= 11 is 0. The lowest BCUT2D eigenvalue weighted by Gasteiger charge is -2.50. The van der Waals surface area contributed by atoms with Gasteiger partial charge in [-0.3, -0.25) is 4.79 Å². The largest absolute Gasteiger partial charge is 0.478 e. The molecule has 0 aromatic rings. The maximum Gasteiger partial charge on any atom is 0.330 e. The van der Waals surface area contributed by atoms with Gasteiger partial charge in [-0.2, -0.15) is 0 Å². The van der Waals surface area contributed by atoms with Crippen molar-refractivity contribution in [3.63, 3.8) is 0 Å². The van der Waals surface area contributed by atoms with E-state index in [2.05, 4.69) is 41.5 Å². The van der Waals surface area contributed by atoms with Crippen molar-refractivity contribution in [2.45, 2.75) is 186 Å². The highest BCUT2D eigenvalue weighted by molar-refractivity contribution is 5.85. The molecule has 0 saturated carbocycles. The molecule has 5 saturated heterocycles. The molecule has 0 aromatic carbocycles. The predicted octanol–water partition coefficient (Wildman–Crippen LogP) is 5.80. The van der Waals surface area contributed by atoms with Gasteiger partial charge in [0.2, 0.25) is 0 Å². The van der Waals surface area contributed by atoms with Crippen LogP contribution in [0.25, 0.3) is 0 Å². The number of rotatable bonds is 12. The van der Waals surface area contributed by atoms with E-state index in [1.807, 2.05) is 13.8 Å². The Bertz CT molecular complexity index is 1320. The van der Waals surface area contributed by atoms with Crippen molar-refractivity contribution in [1.29, 1.82) is 0 Å². The zero-order valence-corrected chi connectivity index (χ0v) is 33.3. The average Bonchev–Trinajstić information content (AvgIpc) is 3.73. The highest BCUT2D eigenvalue weighted by Crippen LogP contribution is 2.57. The Morgan fingerprint density at radius 1 is 0.923 bits per heavy atom. The van der Waals surface area contributed by atoms with Crippen molar-refractivity contribution in [2.24, 2.45) is 41.4 Å². The Labute approximate surface area is 311 Å². The molecule has 5 aliphatic heterocycles. The molecule has 17 unspecified atom stereocenters. The summed E-state index contributed by atoms with van der Waals surface area (Å²) in [7, 11) is 0. The molecule has 11 nitrogen and oxygen atoms in total. The highest BCUT2D eigenvalue weighted by Gasteiger charge is 2.65. The maximum atomic E-state index is 13.1.